The van der Waals surface area contributed by atoms with Gasteiger partial charge in [0.2, 0.25) is 0 Å². The fraction of sp³-hybridized carbons (Fsp3) is 0.471. The van der Waals surface area contributed by atoms with Crippen molar-refractivity contribution in [2.24, 2.45) is 5.92 Å². The van der Waals surface area contributed by atoms with E-state index in [1.54, 1.807) is 11.0 Å². The van der Waals surface area contributed by atoms with E-state index in [1.807, 2.05) is 13.0 Å². The summed E-state index contributed by atoms with van der Waals surface area (Å²) >= 11 is 0. The SMILES string of the molecule is CCn1ncc(CNC(=O)NC2CC(c3ccccc3)C2C)n1. The molecule has 2 N–H and O–H groups in total. The van der Waals surface area contributed by atoms with Gasteiger partial charge in [-0.3, -0.25) is 0 Å². The van der Waals surface area contributed by atoms with Crippen molar-refractivity contribution in [1.82, 2.24) is 25.6 Å². The van der Waals surface area contributed by atoms with E-state index in [1.165, 1.54) is 5.56 Å². The summed E-state index contributed by atoms with van der Waals surface area (Å²) in [5.74, 6) is 0.982. The summed E-state index contributed by atoms with van der Waals surface area (Å²) in [7, 11) is 0. The molecule has 1 aromatic heterocycles. The molecule has 3 rings (SSSR count). The second-order valence-corrected chi connectivity index (χ2v) is 6.07. The van der Waals surface area contributed by atoms with Crippen LogP contribution in [0, 0.1) is 5.92 Å². The number of hydrogen-bond acceptors (Lipinski definition) is 3. The first-order chi connectivity index (χ1) is 11.2. The Morgan fingerprint density at radius 3 is 2.78 bits per heavy atom. The normalized spacial score (nSPS) is 23.1. The van der Waals surface area contributed by atoms with Gasteiger partial charge in [0.1, 0.15) is 5.69 Å². The fourth-order valence-corrected chi connectivity index (χ4v) is 3.07. The zero-order valence-electron chi connectivity index (χ0n) is 13.6. The number of benzene rings is 1. The second-order valence-electron chi connectivity index (χ2n) is 6.07. The summed E-state index contributed by atoms with van der Waals surface area (Å²) in [5.41, 5.74) is 2.13. The van der Waals surface area contributed by atoms with Crippen LogP contribution >= 0.6 is 0 Å². The summed E-state index contributed by atoms with van der Waals surface area (Å²) < 4.78 is 0. The molecule has 0 radical (unpaired) electrons. The highest BCUT2D eigenvalue weighted by Gasteiger charge is 2.39. The molecular formula is C17H23N5O. The molecule has 3 unspecified atom stereocenters. The maximum Gasteiger partial charge on any atom is 0.315 e. The lowest BCUT2D eigenvalue weighted by Crippen LogP contribution is -2.52. The minimum absolute atomic E-state index is 0.139. The summed E-state index contributed by atoms with van der Waals surface area (Å²) in [6.45, 7) is 5.30. The number of aryl methyl sites for hydroxylation is 1. The van der Waals surface area contributed by atoms with Crippen molar-refractivity contribution < 1.29 is 4.79 Å². The third-order valence-electron chi connectivity index (χ3n) is 4.62. The van der Waals surface area contributed by atoms with Gasteiger partial charge in [0.05, 0.1) is 19.3 Å². The van der Waals surface area contributed by atoms with Gasteiger partial charge in [-0.2, -0.15) is 15.0 Å². The summed E-state index contributed by atoms with van der Waals surface area (Å²) in [6, 6.07) is 10.6. The van der Waals surface area contributed by atoms with Crippen molar-refractivity contribution in [3.05, 3.63) is 47.8 Å². The monoisotopic (exact) mass is 313 g/mol. The van der Waals surface area contributed by atoms with Crippen LogP contribution in [-0.2, 0) is 13.1 Å². The second kappa shape index (κ2) is 6.81. The Balaban J connectivity index is 1.44. The van der Waals surface area contributed by atoms with Crippen LogP contribution in [0.1, 0.15) is 37.4 Å². The molecule has 0 aliphatic heterocycles. The predicted octanol–water partition coefficient (Wildman–Crippen LogP) is 2.29. The lowest BCUT2D eigenvalue weighted by Gasteiger charge is -2.43. The first-order valence-corrected chi connectivity index (χ1v) is 8.15. The molecule has 2 aromatic rings. The zero-order chi connectivity index (χ0) is 16.2. The summed E-state index contributed by atoms with van der Waals surface area (Å²) in [4.78, 5) is 13.6. The lowest BCUT2D eigenvalue weighted by molar-refractivity contribution is 0.178. The van der Waals surface area contributed by atoms with Crippen LogP contribution in [0.3, 0.4) is 0 Å². The smallest absolute Gasteiger partial charge is 0.315 e. The number of urea groups is 1. The van der Waals surface area contributed by atoms with Crippen molar-refractivity contribution in [2.45, 2.75) is 45.3 Å². The van der Waals surface area contributed by atoms with Gasteiger partial charge in [-0.05, 0) is 30.7 Å². The minimum atomic E-state index is -0.139. The molecule has 0 saturated heterocycles. The van der Waals surface area contributed by atoms with Gasteiger partial charge in [-0.1, -0.05) is 37.3 Å². The molecule has 0 spiro atoms. The summed E-state index contributed by atoms with van der Waals surface area (Å²) in [5, 5.41) is 14.2. The number of carbonyl (C=O) groups is 1. The van der Waals surface area contributed by atoms with Gasteiger partial charge >= 0.3 is 6.03 Å². The van der Waals surface area contributed by atoms with E-state index in [-0.39, 0.29) is 12.1 Å². The van der Waals surface area contributed by atoms with Crippen molar-refractivity contribution in [3.8, 4) is 0 Å². The third-order valence-corrected chi connectivity index (χ3v) is 4.62. The topological polar surface area (TPSA) is 71.8 Å². The van der Waals surface area contributed by atoms with E-state index in [4.69, 9.17) is 0 Å². The minimum Gasteiger partial charge on any atom is -0.335 e. The number of rotatable bonds is 5. The molecule has 0 bridgehead atoms. The van der Waals surface area contributed by atoms with E-state index < -0.39 is 0 Å². The quantitative estimate of drug-likeness (QED) is 0.889. The van der Waals surface area contributed by atoms with Gasteiger partial charge < -0.3 is 10.6 Å². The Kier molecular flexibility index (Phi) is 4.60. The molecule has 2 amide bonds. The highest BCUT2D eigenvalue weighted by atomic mass is 16.2. The Morgan fingerprint density at radius 1 is 1.35 bits per heavy atom. The molecular weight excluding hydrogens is 290 g/mol. The van der Waals surface area contributed by atoms with Crippen LogP contribution in [0.2, 0.25) is 0 Å². The standard InChI is InChI=1S/C17H23N5O/c1-3-22-19-11-14(21-22)10-18-17(23)20-16-9-15(12(16)2)13-7-5-4-6-8-13/h4-8,11-12,15-16H,3,9-10H2,1-2H3,(H2,18,20,23). The van der Waals surface area contributed by atoms with Crippen LogP contribution in [0.15, 0.2) is 36.5 Å². The van der Waals surface area contributed by atoms with E-state index in [0.717, 1.165) is 18.7 Å². The summed E-state index contributed by atoms with van der Waals surface area (Å²) in [6.07, 6.45) is 2.67. The molecule has 23 heavy (non-hydrogen) atoms. The molecule has 122 valence electrons. The molecule has 1 saturated carbocycles. The number of amides is 2. The van der Waals surface area contributed by atoms with E-state index in [9.17, 15) is 4.79 Å². The van der Waals surface area contributed by atoms with Crippen LogP contribution < -0.4 is 10.6 Å². The predicted molar refractivity (Wildman–Crippen MR) is 87.8 cm³/mol. The highest BCUT2D eigenvalue weighted by Crippen LogP contribution is 2.42. The Hall–Kier alpha value is -2.37. The van der Waals surface area contributed by atoms with Crippen molar-refractivity contribution in [2.75, 3.05) is 0 Å². The van der Waals surface area contributed by atoms with Crippen molar-refractivity contribution in [1.29, 1.82) is 0 Å². The Morgan fingerprint density at radius 2 is 2.13 bits per heavy atom. The van der Waals surface area contributed by atoms with Crippen LogP contribution in [-0.4, -0.2) is 27.1 Å². The van der Waals surface area contributed by atoms with Crippen LogP contribution in [0.5, 0.6) is 0 Å². The van der Waals surface area contributed by atoms with Gasteiger partial charge in [-0.15, -0.1) is 0 Å². The molecule has 3 atom stereocenters. The van der Waals surface area contributed by atoms with Gasteiger partial charge in [-0.25, -0.2) is 4.79 Å². The molecule has 1 aliphatic carbocycles. The maximum absolute atomic E-state index is 12.0. The molecule has 6 nitrogen and oxygen atoms in total. The average molecular weight is 313 g/mol. The van der Waals surface area contributed by atoms with E-state index in [2.05, 4.69) is 52.0 Å². The van der Waals surface area contributed by atoms with Gasteiger partial charge in [0.15, 0.2) is 0 Å². The van der Waals surface area contributed by atoms with Crippen molar-refractivity contribution >= 4 is 6.03 Å². The largest absolute Gasteiger partial charge is 0.335 e. The zero-order valence-corrected chi connectivity index (χ0v) is 13.6. The molecule has 1 aliphatic rings. The van der Waals surface area contributed by atoms with Gasteiger partial charge in [0.25, 0.3) is 0 Å². The maximum atomic E-state index is 12.0. The van der Waals surface area contributed by atoms with E-state index >= 15 is 0 Å². The highest BCUT2D eigenvalue weighted by molar-refractivity contribution is 5.74. The van der Waals surface area contributed by atoms with Crippen LogP contribution in [0.4, 0.5) is 4.79 Å². The fourth-order valence-electron chi connectivity index (χ4n) is 3.07. The molecule has 6 heteroatoms. The Labute approximate surface area is 136 Å². The number of hydrogen-bond donors (Lipinski definition) is 2. The first-order valence-electron chi connectivity index (χ1n) is 8.15. The van der Waals surface area contributed by atoms with Crippen molar-refractivity contribution in [3.63, 3.8) is 0 Å². The number of nitrogens with zero attached hydrogens (tertiary/aromatic N) is 3. The molecule has 1 aromatic carbocycles. The van der Waals surface area contributed by atoms with Crippen LogP contribution in [0.25, 0.3) is 0 Å². The number of carbonyl (C=O) groups excluding carboxylic acids is 1. The Bertz CT molecular complexity index is 654. The van der Waals surface area contributed by atoms with Gasteiger partial charge in [0, 0.05) is 6.04 Å². The first kappa shape index (κ1) is 15.5. The van der Waals surface area contributed by atoms with E-state index in [0.29, 0.717) is 18.4 Å². The third kappa shape index (κ3) is 3.52. The number of nitrogens with one attached hydrogen (secondary N) is 2. The average Bonchev–Trinajstić information content (AvgIpc) is 3.05. The lowest BCUT2D eigenvalue weighted by atomic mass is 9.67. The molecule has 1 fully saturated rings. The molecule has 1 heterocycles. The number of aromatic nitrogens is 3.